The van der Waals surface area contributed by atoms with Crippen LogP contribution in [0.25, 0.3) is 0 Å². The van der Waals surface area contributed by atoms with Gasteiger partial charge in [0.25, 0.3) is 0 Å². The molecule has 0 bridgehead atoms. The van der Waals surface area contributed by atoms with Crippen molar-refractivity contribution in [3.8, 4) is 0 Å². The van der Waals surface area contributed by atoms with Crippen molar-refractivity contribution in [1.82, 2.24) is 5.32 Å². The van der Waals surface area contributed by atoms with Crippen molar-refractivity contribution in [2.75, 3.05) is 25.5 Å². The number of carbonyl (C=O) groups excluding carboxylic acids is 1. The van der Waals surface area contributed by atoms with Crippen LogP contribution in [-0.2, 0) is 0 Å². The van der Waals surface area contributed by atoms with E-state index in [4.69, 9.17) is 0 Å². The third-order valence-corrected chi connectivity index (χ3v) is 2.00. The molecule has 0 atom stereocenters. The van der Waals surface area contributed by atoms with Crippen LogP contribution in [0, 0.1) is 0 Å². The first-order valence-electron chi connectivity index (χ1n) is 4.73. The van der Waals surface area contributed by atoms with Crippen LogP contribution in [0.15, 0.2) is 24.3 Å². The third-order valence-electron chi connectivity index (χ3n) is 2.00. The van der Waals surface area contributed by atoms with E-state index < -0.39 is 0 Å². The van der Waals surface area contributed by atoms with Crippen LogP contribution in [0.2, 0.25) is 0 Å². The van der Waals surface area contributed by atoms with Crippen molar-refractivity contribution in [2.24, 2.45) is 0 Å². The van der Waals surface area contributed by atoms with Gasteiger partial charge in [-0.2, -0.15) is 0 Å². The maximum Gasteiger partial charge on any atom is 0.159 e. The topological polar surface area (TPSA) is 41.1 Å². The molecular formula is C11H16N2O. The Morgan fingerprint density at radius 1 is 1.21 bits per heavy atom. The summed E-state index contributed by atoms with van der Waals surface area (Å²) in [6.45, 7) is 3.38. The van der Waals surface area contributed by atoms with Crippen molar-refractivity contribution in [3.63, 3.8) is 0 Å². The van der Waals surface area contributed by atoms with E-state index in [1.54, 1.807) is 6.92 Å². The minimum absolute atomic E-state index is 0.103. The number of carbonyl (C=O) groups is 1. The Morgan fingerprint density at radius 3 is 2.36 bits per heavy atom. The molecule has 0 saturated carbocycles. The number of anilines is 1. The molecule has 0 aliphatic carbocycles. The van der Waals surface area contributed by atoms with Gasteiger partial charge in [-0.05, 0) is 38.2 Å². The summed E-state index contributed by atoms with van der Waals surface area (Å²) in [7, 11) is 1.92. The number of nitrogens with one attached hydrogen (secondary N) is 2. The highest BCUT2D eigenvalue weighted by atomic mass is 16.1. The van der Waals surface area contributed by atoms with Gasteiger partial charge in [-0.3, -0.25) is 4.79 Å². The van der Waals surface area contributed by atoms with E-state index in [1.807, 2.05) is 31.3 Å². The summed E-state index contributed by atoms with van der Waals surface area (Å²) < 4.78 is 0. The third kappa shape index (κ3) is 3.18. The summed E-state index contributed by atoms with van der Waals surface area (Å²) >= 11 is 0. The molecule has 0 aromatic heterocycles. The second kappa shape index (κ2) is 5.40. The lowest BCUT2D eigenvalue weighted by atomic mass is 10.1. The predicted octanol–water partition coefficient (Wildman–Crippen LogP) is 1.52. The normalized spacial score (nSPS) is 9.86. The standard InChI is InChI=1S/C11H16N2O/c1-9(14)10-3-5-11(6-4-10)13-8-7-12-2/h3-6,12-13H,7-8H2,1-2H3. The lowest BCUT2D eigenvalue weighted by Gasteiger charge is -2.05. The first kappa shape index (κ1) is 10.7. The van der Waals surface area contributed by atoms with Crippen molar-refractivity contribution in [1.29, 1.82) is 0 Å². The molecule has 0 radical (unpaired) electrons. The van der Waals surface area contributed by atoms with E-state index >= 15 is 0 Å². The highest BCUT2D eigenvalue weighted by molar-refractivity contribution is 5.94. The smallest absolute Gasteiger partial charge is 0.159 e. The number of likely N-dealkylation sites (N-methyl/N-ethyl adjacent to an activating group) is 1. The maximum absolute atomic E-state index is 11.0. The van der Waals surface area contributed by atoms with Gasteiger partial charge in [0, 0.05) is 24.3 Å². The molecule has 0 amide bonds. The molecule has 0 fully saturated rings. The van der Waals surface area contributed by atoms with Crippen LogP contribution in [0.4, 0.5) is 5.69 Å². The fourth-order valence-electron chi connectivity index (χ4n) is 1.15. The minimum atomic E-state index is 0.103. The van der Waals surface area contributed by atoms with E-state index in [0.29, 0.717) is 0 Å². The molecule has 1 aromatic rings. The summed E-state index contributed by atoms with van der Waals surface area (Å²) in [6.07, 6.45) is 0. The Labute approximate surface area is 84.5 Å². The molecule has 1 rings (SSSR count). The van der Waals surface area contributed by atoms with Gasteiger partial charge >= 0.3 is 0 Å². The zero-order valence-electron chi connectivity index (χ0n) is 8.63. The number of ketones is 1. The van der Waals surface area contributed by atoms with Crippen molar-refractivity contribution in [2.45, 2.75) is 6.92 Å². The summed E-state index contributed by atoms with van der Waals surface area (Å²) in [5.41, 5.74) is 1.80. The average molecular weight is 192 g/mol. The van der Waals surface area contributed by atoms with Crippen LogP contribution in [0.1, 0.15) is 17.3 Å². The first-order chi connectivity index (χ1) is 6.74. The molecule has 0 saturated heterocycles. The monoisotopic (exact) mass is 192 g/mol. The second-order valence-corrected chi connectivity index (χ2v) is 3.16. The van der Waals surface area contributed by atoms with Gasteiger partial charge in [0.2, 0.25) is 0 Å². The van der Waals surface area contributed by atoms with Crippen LogP contribution in [0.3, 0.4) is 0 Å². The largest absolute Gasteiger partial charge is 0.384 e. The molecule has 14 heavy (non-hydrogen) atoms. The van der Waals surface area contributed by atoms with Crippen molar-refractivity contribution < 1.29 is 4.79 Å². The Kier molecular flexibility index (Phi) is 4.13. The fourth-order valence-corrected chi connectivity index (χ4v) is 1.15. The van der Waals surface area contributed by atoms with E-state index in [0.717, 1.165) is 24.3 Å². The van der Waals surface area contributed by atoms with Crippen LogP contribution >= 0.6 is 0 Å². The Bertz CT molecular complexity index is 293. The van der Waals surface area contributed by atoms with Crippen molar-refractivity contribution in [3.05, 3.63) is 29.8 Å². The number of hydrogen-bond acceptors (Lipinski definition) is 3. The molecule has 0 unspecified atom stereocenters. The number of hydrogen-bond donors (Lipinski definition) is 2. The molecule has 76 valence electrons. The number of Topliss-reactive ketones (excluding diaryl/α,β-unsaturated/α-hetero) is 1. The van der Waals surface area contributed by atoms with Crippen LogP contribution in [-0.4, -0.2) is 25.9 Å². The molecular weight excluding hydrogens is 176 g/mol. The molecule has 3 heteroatoms. The summed E-state index contributed by atoms with van der Waals surface area (Å²) in [6, 6.07) is 7.52. The van der Waals surface area contributed by atoms with Gasteiger partial charge in [0.05, 0.1) is 0 Å². The van der Waals surface area contributed by atoms with Gasteiger partial charge in [-0.25, -0.2) is 0 Å². The molecule has 0 spiro atoms. The first-order valence-corrected chi connectivity index (χ1v) is 4.73. The summed E-state index contributed by atoms with van der Waals surface area (Å²) in [4.78, 5) is 11.0. The molecule has 2 N–H and O–H groups in total. The molecule has 0 aliphatic rings. The molecule has 1 aromatic carbocycles. The quantitative estimate of drug-likeness (QED) is 0.549. The SMILES string of the molecule is CNCCNc1ccc(C(C)=O)cc1. The van der Waals surface area contributed by atoms with Gasteiger partial charge in [-0.15, -0.1) is 0 Å². The van der Waals surface area contributed by atoms with Crippen molar-refractivity contribution >= 4 is 11.5 Å². The van der Waals surface area contributed by atoms with E-state index in [9.17, 15) is 4.79 Å². The fraction of sp³-hybridized carbons (Fsp3) is 0.364. The number of benzene rings is 1. The maximum atomic E-state index is 11.0. The Morgan fingerprint density at radius 2 is 1.86 bits per heavy atom. The van der Waals surface area contributed by atoms with Gasteiger partial charge < -0.3 is 10.6 Å². The zero-order chi connectivity index (χ0) is 10.4. The van der Waals surface area contributed by atoms with Gasteiger partial charge in [0.15, 0.2) is 5.78 Å². The lowest BCUT2D eigenvalue weighted by molar-refractivity contribution is 0.101. The molecule has 3 nitrogen and oxygen atoms in total. The highest BCUT2D eigenvalue weighted by Gasteiger charge is 1.97. The van der Waals surface area contributed by atoms with Crippen LogP contribution in [0.5, 0.6) is 0 Å². The Hall–Kier alpha value is -1.35. The summed E-state index contributed by atoms with van der Waals surface area (Å²) in [5, 5.41) is 6.29. The number of rotatable bonds is 5. The molecule has 0 aliphatic heterocycles. The van der Waals surface area contributed by atoms with Gasteiger partial charge in [-0.1, -0.05) is 0 Å². The molecule has 0 heterocycles. The average Bonchev–Trinajstić information content (AvgIpc) is 2.19. The zero-order valence-corrected chi connectivity index (χ0v) is 8.63. The predicted molar refractivity (Wildman–Crippen MR) is 58.9 cm³/mol. The minimum Gasteiger partial charge on any atom is -0.384 e. The second-order valence-electron chi connectivity index (χ2n) is 3.16. The lowest BCUT2D eigenvalue weighted by Crippen LogP contribution is -2.17. The van der Waals surface area contributed by atoms with E-state index in [2.05, 4.69) is 10.6 Å². The van der Waals surface area contributed by atoms with E-state index in [1.165, 1.54) is 0 Å². The van der Waals surface area contributed by atoms with E-state index in [-0.39, 0.29) is 5.78 Å². The Balaban J connectivity index is 2.51. The van der Waals surface area contributed by atoms with Crippen LogP contribution < -0.4 is 10.6 Å². The van der Waals surface area contributed by atoms with Gasteiger partial charge in [0.1, 0.15) is 0 Å². The summed E-state index contributed by atoms with van der Waals surface area (Å²) in [5.74, 6) is 0.103. The highest BCUT2D eigenvalue weighted by Crippen LogP contribution is 2.09.